The minimum absolute atomic E-state index is 0.0577. The normalized spacial score (nSPS) is 10.8. The van der Waals surface area contributed by atoms with Gasteiger partial charge in [0.15, 0.2) is 0 Å². The molecule has 0 saturated carbocycles. The van der Waals surface area contributed by atoms with E-state index in [0.29, 0.717) is 18.7 Å². The molecule has 0 aliphatic rings. The van der Waals surface area contributed by atoms with Crippen LogP contribution < -0.4 is 20.1 Å². The first-order valence-corrected chi connectivity index (χ1v) is 11.6. The highest BCUT2D eigenvalue weighted by Gasteiger charge is 2.20. The molecule has 2 rings (SSSR count). The lowest BCUT2D eigenvalue weighted by Gasteiger charge is -2.09. The van der Waals surface area contributed by atoms with Gasteiger partial charge in [-0.15, -0.1) is 0 Å². The number of unbranched alkanes of at least 4 members (excludes halogenated alkanes) is 1. The molecule has 0 bridgehead atoms. The first kappa shape index (κ1) is 25.7. The number of ether oxygens (including phenoxy) is 2. The predicted octanol–water partition coefficient (Wildman–Crippen LogP) is 1.47. The Bertz CT molecular complexity index is 1060. The van der Waals surface area contributed by atoms with Crippen molar-refractivity contribution < 1.29 is 32.3 Å². The van der Waals surface area contributed by atoms with E-state index in [-0.39, 0.29) is 28.8 Å². The molecule has 1 heterocycles. The van der Waals surface area contributed by atoms with Crippen molar-refractivity contribution in [1.29, 1.82) is 0 Å². The molecule has 1 aromatic carbocycles. The number of carbonyl (C=O) groups excluding carboxylic acids is 3. The zero-order chi connectivity index (χ0) is 24.3. The Hall–Kier alpha value is -3.51. The maximum atomic E-state index is 12.5. The first-order valence-electron chi connectivity index (χ1n) is 10.1. The zero-order valence-corrected chi connectivity index (χ0v) is 19.1. The average molecular weight is 479 g/mol. The van der Waals surface area contributed by atoms with Gasteiger partial charge in [0.05, 0.1) is 17.1 Å². The summed E-state index contributed by atoms with van der Waals surface area (Å²) in [5, 5.41) is 5.17. The molecule has 2 aromatic rings. The smallest absolute Gasteiger partial charge is 0.391 e. The summed E-state index contributed by atoms with van der Waals surface area (Å²) in [6.07, 6.45) is 2.11. The van der Waals surface area contributed by atoms with Crippen molar-refractivity contribution in [1.82, 2.24) is 20.3 Å². The zero-order valence-electron chi connectivity index (χ0n) is 18.3. The number of nitrogens with one attached hydrogen (secondary N) is 3. The number of amides is 3. The van der Waals surface area contributed by atoms with Gasteiger partial charge < -0.3 is 20.1 Å². The molecule has 33 heavy (non-hydrogen) atoms. The van der Waals surface area contributed by atoms with E-state index in [1.54, 1.807) is 0 Å². The van der Waals surface area contributed by atoms with Gasteiger partial charge in [-0.05, 0) is 36.8 Å². The molecule has 11 nitrogen and oxygen atoms in total. The highest BCUT2D eigenvalue weighted by molar-refractivity contribution is 7.90. The van der Waals surface area contributed by atoms with E-state index >= 15 is 0 Å². The molecule has 0 aliphatic heterocycles. The lowest BCUT2D eigenvalue weighted by molar-refractivity contribution is 0.0950. The van der Waals surface area contributed by atoms with Gasteiger partial charge in [0, 0.05) is 38.0 Å². The van der Waals surface area contributed by atoms with Crippen LogP contribution in [0.5, 0.6) is 5.88 Å². The van der Waals surface area contributed by atoms with Crippen LogP contribution in [0, 0.1) is 0 Å². The van der Waals surface area contributed by atoms with Crippen LogP contribution >= 0.6 is 0 Å². The summed E-state index contributed by atoms with van der Waals surface area (Å²) < 4.78 is 36.7. The Morgan fingerprint density at radius 1 is 0.939 bits per heavy atom. The van der Waals surface area contributed by atoms with Crippen molar-refractivity contribution in [3.05, 3.63) is 53.7 Å². The van der Waals surface area contributed by atoms with Crippen LogP contribution in [-0.4, -0.2) is 58.1 Å². The third kappa shape index (κ3) is 8.16. The second kappa shape index (κ2) is 12.5. The van der Waals surface area contributed by atoms with Crippen LogP contribution in [0.4, 0.5) is 4.79 Å². The van der Waals surface area contributed by atoms with Crippen LogP contribution in [0.1, 0.15) is 40.5 Å². The molecule has 0 spiro atoms. The fraction of sp³-hybridized carbons (Fsp3) is 0.333. The maximum Gasteiger partial charge on any atom is 0.414 e. The topological polar surface area (TPSA) is 153 Å². The van der Waals surface area contributed by atoms with Gasteiger partial charge >= 0.3 is 6.09 Å². The molecular formula is C21H26N4O7S. The SMILES string of the molecule is CCCCNC(=O)c1ccc(S(=O)(=O)NC(=O)c2ccc(OC(=O)NCCOC)nc2)cc1. The molecule has 0 aliphatic carbocycles. The molecule has 1 aromatic heterocycles. The molecular weight excluding hydrogens is 452 g/mol. The standard InChI is InChI=1S/C21H26N4O7S/c1-3-4-11-22-19(26)15-5-8-17(9-6-15)33(29,30)25-20(27)16-7-10-18(24-14-16)32-21(28)23-12-13-31-2/h5-10,14H,3-4,11-13H2,1-2H3,(H,22,26)(H,23,28)(H,25,27). The van der Waals surface area contributed by atoms with Crippen molar-refractivity contribution in [2.24, 2.45) is 0 Å². The molecule has 12 heteroatoms. The third-order valence-corrected chi connectivity index (χ3v) is 5.59. The molecule has 0 atom stereocenters. The van der Waals surface area contributed by atoms with Gasteiger partial charge in [0.2, 0.25) is 5.88 Å². The monoisotopic (exact) mass is 478 g/mol. The maximum absolute atomic E-state index is 12.5. The highest BCUT2D eigenvalue weighted by Crippen LogP contribution is 2.13. The molecule has 3 amide bonds. The molecule has 3 N–H and O–H groups in total. The van der Waals surface area contributed by atoms with Crippen LogP contribution in [0.2, 0.25) is 0 Å². The Morgan fingerprint density at radius 3 is 2.24 bits per heavy atom. The van der Waals surface area contributed by atoms with Gasteiger partial charge in [-0.2, -0.15) is 0 Å². The van der Waals surface area contributed by atoms with Gasteiger partial charge in [-0.1, -0.05) is 13.3 Å². The number of aromatic nitrogens is 1. The highest BCUT2D eigenvalue weighted by atomic mass is 32.2. The number of nitrogens with zero attached hydrogens (tertiary/aromatic N) is 1. The number of methoxy groups -OCH3 is 1. The quantitative estimate of drug-likeness (QED) is 0.411. The summed E-state index contributed by atoms with van der Waals surface area (Å²) in [7, 11) is -2.69. The average Bonchev–Trinajstić information content (AvgIpc) is 2.79. The van der Waals surface area contributed by atoms with Gasteiger partial charge in [-0.3, -0.25) is 9.59 Å². The third-order valence-electron chi connectivity index (χ3n) is 4.24. The van der Waals surface area contributed by atoms with Crippen molar-refractivity contribution >= 4 is 27.9 Å². The number of hydrogen-bond acceptors (Lipinski definition) is 8. The summed E-state index contributed by atoms with van der Waals surface area (Å²) in [5.41, 5.74) is 0.250. The summed E-state index contributed by atoms with van der Waals surface area (Å²) in [4.78, 5) is 39.6. The van der Waals surface area contributed by atoms with E-state index in [4.69, 9.17) is 9.47 Å². The minimum atomic E-state index is -4.18. The van der Waals surface area contributed by atoms with E-state index in [2.05, 4.69) is 15.6 Å². The number of hydrogen-bond donors (Lipinski definition) is 3. The summed E-state index contributed by atoms with van der Waals surface area (Å²) in [6.45, 7) is 3.09. The van der Waals surface area contributed by atoms with Crippen molar-refractivity contribution in [2.45, 2.75) is 24.7 Å². The molecule has 178 valence electrons. The number of rotatable bonds is 11. The van der Waals surface area contributed by atoms with Crippen molar-refractivity contribution in [3.63, 3.8) is 0 Å². The minimum Gasteiger partial charge on any atom is -0.391 e. The van der Waals surface area contributed by atoms with E-state index in [1.807, 2.05) is 11.6 Å². The second-order valence-electron chi connectivity index (χ2n) is 6.76. The van der Waals surface area contributed by atoms with Crippen molar-refractivity contribution in [2.75, 3.05) is 26.8 Å². The Balaban J connectivity index is 1.96. The lowest BCUT2D eigenvalue weighted by Crippen LogP contribution is -2.31. The molecule has 0 fully saturated rings. The summed E-state index contributed by atoms with van der Waals surface area (Å²) in [5.74, 6) is -1.30. The van der Waals surface area contributed by atoms with Gasteiger partial charge in [-0.25, -0.2) is 22.9 Å². The van der Waals surface area contributed by atoms with Gasteiger partial charge in [0.25, 0.3) is 21.8 Å². The number of pyridine rings is 1. The van der Waals surface area contributed by atoms with E-state index < -0.39 is 22.0 Å². The van der Waals surface area contributed by atoms with E-state index in [0.717, 1.165) is 19.0 Å². The summed E-state index contributed by atoms with van der Waals surface area (Å²) in [6, 6.07) is 7.73. The number of carbonyl (C=O) groups is 3. The fourth-order valence-electron chi connectivity index (χ4n) is 2.47. The fourth-order valence-corrected chi connectivity index (χ4v) is 3.44. The molecule has 0 radical (unpaired) electrons. The van der Waals surface area contributed by atoms with Crippen LogP contribution in [0.15, 0.2) is 47.5 Å². The Labute approximate surface area is 191 Å². The van der Waals surface area contributed by atoms with Crippen molar-refractivity contribution in [3.8, 4) is 5.88 Å². The Morgan fingerprint density at radius 2 is 1.64 bits per heavy atom. The number of sulfonamides is 1. The summed E-state index contributed by atoms with van der Waals surface area (Å²) >= 11 is 0. The Kier molecular flexibility index (Phi) is 9.76. The molecule has 0 saturated heterocycles. The largest absolute Gasteiger partial charge is 0.414 e. The number of benzene rings is 1. The van der Waals surface area contributed by atoms with Crippen LogP contribution in [0.3, 0.4) is 0 Å². The van der Waals surface area contributed by atoms with Crippen LogP contribution in [-0.2, 0) is 14.8 Å². The van der Waals surface area contributed by atoms with Gasteiger partial charge in [0.1, 0.15) is 0 Å². The predicted molar refractivity (Wildman–Crippen MR) is 118 cm³/mol. The van der Waals surface area contributed by atoms with E-state index in [9.17, 15) is 22.8 Å². The van der Waals surface area contributed by atoms with Crippen LogP contribution in [0.25, 0.3) is 0 Å². The second-order valence-corrected chi connectivity index (χ2v) is 8.45. The molecule has 0 unspecified atom stereocenters. The van der Waals surface area contributed by atoms with E-state index in [1.165, 1.54) is 43.5 Å². The lowest BCUT2D eigenvalue weighted by atomic mass is 10.2. The first-order chi connectivity index (χ1) is 15.8.